The SMILES string of the molecule is CC(O)C(C(N)=O)N(C=O)c1ccc(C#CC#Cc2ccccc2)cc1. The van der Waals surface area contributed by atoms with E-state index < -0.39 is 18.1 Å². The summed E-state index contributed by atoms with van der Waals surface area (Å²) in [6, 6.07) is 15.0. The van der Waals surface area contributed by atoms with Crippen LogP contribution in [0.3, 0.4) is 0 Å². The Hall–Kier alpha value is -3.54. The molecule has 0 aliphatic rings. The van der Waals surface area contributed by atoms with Crippen molar-refractivity contribution in [3.63, 3.8) is 0 Å². The van der Waals surface area contributed by atoms with Crippen molar-refractivity contribution in [1.29, 1.82) is 0 Å². The largest absolute Gasteiger partial charge is 0.391 e. The number of nitrogens with two attached hydrogens (primary N) is 1. The fraction of sp³-hybridized carbons (Fsp3) is 0.143. The Morgan fingerprint density at radius 1 is 1.04 bits per heavy atom. The minimum Gasteiger partial charge on any atom is -0.391 e. The number of nitrogens with zero attached hydrogens (tertiary/aromatic N) is 1. The van der Waals surface area contributed by atoms with Crippen LogP contribution in [0.1, 0.15) is 18.1 Å². The number of hydrogen-bond donors (Lipinski definition) is 2. The smallest absolute Gasteiger partial charge is 0.243 e. The molecule has 2 atom stereocenters. The van der Waals surface area contributed by atoms with Crippen LogP contribution in [0.5, 0.6) is 0 Å². The molecular formula is C21H18N2O3. The van der Waals surface area contributed by atoms with Crippen LogP contribution in [0.15, 0.2) is 54.6 Å². The first-order valence-electron chi connectivity index (χ1n) is 7.91. The Morgan fingerprint density at radius 2 is 1.58 bits per heavy atom. The van der Waals surface area contributed by atoms with E-state index in [1.165, 1.54) is 6.92 Å². The van der Waals surface area contributed by atoms with Crippen LogP contribution in [-0.4, -0.2) is 29.6 Å². The van der Waals surface area contributed by atoms with Gasteiger partial charge in [-0.25, -0.2) is 0 Å². The number of amides is 2. The summed E-state index contributed by atoms with van der Waals surface area (Å²) in [5, 5.41) is 9.70. The first kappa shape index (κ1) is 18.8. The van der Waals surface area contributed by atoms with Gasteiger partial charge in [0.1, 0.15) is 6.04 Å². The fourth-order valence-electron chi connectivity index (χ4n) is 2.34. The van der Waals surface area contributed by atoms with Crippen LogP contribution in [0.4, 0.5) is 5.69 Å². The van der Waals surface area contributed by atoms with E-state index in [-0.39, 0.29) is 0 Å². The van der Waals surface area contributed by atoms with E-state index in [2.05, 4.69) is 23.7 Å². The van der Waals surface area contributed by atoms with Gasteiger partial charge in [0.15, 0.2) is 0 Å². The highest BCUT2D eigenvalue weighted by atomic mass is 16.3. The number of benzene rings is 2. The lowest BCUT2D eigenvalue weighted by Crippen LogP contribution is -2.50. The van der Waals surface area contributed by atoms with E-state index >= 15 is 0 Å². The average molecular weight is 346 g/mol. The predicted octanol–water partition coefficient (Wildman–Crippen LogP) is 1.29. The maximum atomic E-state index is 11.5. The molecule has 2 aromatic carbocycles. The summed E-state index contributed by atoms with van der Waals surface area (Å²) in [5.41, 5.74) is 7.30. The second kappa shape index (κ2) is 9.08. The molecule has 0 aliphatic carbocycles. The van der Waals surface area contributed by atoms with Gasteiger partial charge in [-0.3, -0.25) is 14.5 Å². The van der Waals surface area contributed by atoms with E-state index in [0.29, 0.717) is 17.7 Å². The summed E-state index contributed by atoms with van der Waals surface area (Å²) < 4.78 is 0. The third-order valence-electron chi connectivity index (χ3n) is 3.58. The van der Waals surface area contributed by atoms with Gasteiger partial charge < -0.3 is 10.8 Å². The summed E-state index contributed by atoms with van der Waals surface area (Å²) in [6.07, 6.45) is -0.626. The second-order valence-corrected chi connectivity index (χ2v) is 5.51. The van der Waals surface area contributed by atoms with E-state index in [1.807, 2.05) is 30.3 Å². The van der Waals surface area contributed by atoms with Crippen molar-refractivity contribution in [2.45, 2.75) is 19.1 Å². The number of aliphatic hydroxyl groups excluding tert-OH is 1. The van der Waals surface area contributed by atoms with Crippen LogP contribution < -0.4 is 10.6 Å². The minimum atomic E-state index is -1.14. The number of carbonyl (C=O) groups is 2. The minimum absolute atomic E-state index is 0.436. The third-order valence-corrected chi connectivity index (χ3v) is 3.58. The molecule has 5 nitrogen and oxygen atoms in total. The summed E-state index contributed by atoms with van der Waals surface area (Å²) in [7, 11) is 0. The second-order valence-electron chi connectivity index (χ2n) is 5.51. The molecular weight excluding hydrogens is 328 g/mol. The molecule has 5 heteroatoms. The molecule has 0 saturated carbocycles. The molecule has 2 amide bonds. The van der Waals surface area contributed by atoms with Crippen LogP contribution in [0.2, 0.25) is 0 Å². The quantitative estimate of drug-likeness (QED) is 0.632. The summed E-state index contributed by atoms with van der Waals surface area (Å²) >= 11 is 0. The number of rotatable bonds is 5. The summed E-state index contributed by atoms with van der Waals surface area (Å²) in [6.45, 7) is 1.40. The highest BCUT2D eigenvalue weighted by Gasteiger charge is 2.28. The Labute approximate surface area is 152 Å². The molecule has 2 aromatic rings. The molecule has 0 bridgehead atoms. The third kappa shape index (κ3) is 4.98. The van der Waals surface area contributed by atoms with Gasteiger partial charge in [0.25, 0.3) is 0 Å². The number of aliphatic hydroxyl groups is 1. The molecule has 3 N–H and O–H groups in total. The summed E-state index contributed by atoms with van der Waals surface area (Å²) in [4.78, 5) is 23.9. The zero-order valence-electron chi connectivity index (χ0n) is 14.2. The van der Waals surface area contributed by atoms with Crippen LogP contribution in [0.25, 0.3) is 0 Å². The molecule has 130 valence electrons. The van der Waals surface area contributed by atoms with Crippen molar-refractivity contribution in [1.82, 2.24) is 0 Å². The Bertz CT molecular complexity index is 882. The number of anilines is 1. The van der Waals surface area contributed by atoms with Crippen molar-refractivity contribution in [2.24, 2.45) is 5.73 Å². The van der Waals surface area contributed by atoms with Crippen molar-refractivity contribution in [3.05, 3.63) is 65.7 Å². The molecule has 0 saturated heterocycles. The molecule has 2 rings (SSSR count). The highest BCUT2D eigenvalue weighted by Crippen LogP contribution is 2.18. The molecule has 0 aliphatic heterocycles. The van der Waals surface area contributed by atoms with Gasteiger partial charge in [0.05, 0.1) is 6.10 Å². The fourth-order valence-corrected chi connectivity index (χ4v) is 2.34. The first-order chi connectivity index (χ1) is 12.5. The summed E-state index contributed by atoms with van der Waals surface area (Å²) in [5.74, 6) is 10.6. The van der Waals surface area contributed by atoms with E-state index in [1.54, 1.807) is 24.3 Å². The molecule has 0 heterocycles. The van der Waals surface area contributed by atoms with E-state index in [4.69, 9.17) is 5.73 Å². The lowest BCUT2D eigenvalue weighted by molar-refractivity contribution is -0.123. The zero-order chi connectivity index (χ0) is 18.9. The Kier molecular flexibility index (Phi) is 6.56. The van der Waals surface area contributed by atoms with Crippen LogP contribution in [0, 0.1) is 23.7 Å². The van der Waals surface area contributed by atoms with E-state index in [0.717, 1.165) is 10.5 Å². The van der Waals surface area contributed by atoms with E-state index in [9.17, 15) is 14.7 Å². The van der Waals surface area contributed by atoms with Gasteiger partial charge in [-0.05, 0) is 55.2 Å². The van der Waals surface area contributed by atoms with Gasteiger partial charge >= 0.3 is 0 Å². The van der Waals surface area contributed by atoms with Crippen molar-refractivity contribution in [2.75, 3.05) is 4.90 Å². The van der Waals surface area contributed by atoms with Gasteiger partial charge in [-0.2, -0.15) is 0 Å². The topological polar surface area (TPSA) is 83.6 Å². The maximum absolute atomic E-state index is 11.5. The molecule has 26 heavy (non-hydrogen) atoms. The standard InChI is InChI=1S/C21H18N2O3/c1-16(25)20(21(22)26)23(15-24)19-13-11-18(12-14-19)10-6-5-9-17-7-3-2-4-8-17/h2-4,7-8,11-16,20,25H,1H3,(H2,22,26). The maximum Gasteiger partial charge on any atom is 0.243 e. The number of carbonyl (C=O) groups excluding carboxylic acids is 2. The Balaban J connectivity index is 2.15. The lowest BCUT2D eigenvalue weighted by atomic mass is 10.1. The predicted molar refractivity (Wildman–Crippen MR) is 99.8 cm³/mol. The average Bonchev–Trinajstić information content (AvgIpc) is 2.64. The normalized spacial score (nSPS) is 11.8. The monoisotopic (exact) mass is 346 g/mol. The van der Waals surface area contributed by atoms with Gasteiger partial charge in [0, 0.05) is 16.8 Å². The highest BCUT2D eigenvalue weighted by molar-refractivity contribution is 5.91. The molecule has 2 unspecified atom stereocenters. The lowest BCUT2D eigenvalue weighted by Gasteiger charge is -2.27. The molecule has 0 fully saturated rings. The van der Waals surface area contributed by atoms with Crippen molar-refractivity contribution >= 4 is 18.0 Å². The van der Waals surface area contributed by atoms with Gasteiger partial charge in [-0.15, -0.1) is 0 Å². The van der Waals surface area contributed by atoms with Crippen molar-refractivity contribution < 1.29 is 14.7 Å². The molecule has 0 aromatic heterocycles. The number of primary amides is 1. The van der Waals surface area contributed by atoms with Crippen molar-refractivity contribution in [3.8, 4) is 23.7 Å². The number of hydrogen-bond acceptors (Lipinski definition) is 3. The van der Waals surface area contributed by atoms with Gasteiger partial charge in [-0.1, -0.05) is 30.0 Å². The van der Waals surface area contributed by atoms with Crippen LogP contribution in [-0.2, 0) is 9.59 Å². The first-order valence-corrected chi connectivity index (χ1v) is 7.91. The van der Waals surface area contributed by atoms with Crippen LogP contribution >= 0.6 is 0 Å². The molecule has 0 spiro atoms. The zero-order valence-corrected chi connectivity index (χ0v) is 14.2. The Morgan fingerprint density at radius 3 is 2.04 bits per heavy atom. The van der Waals surface area contributed by atoms with Gasteiger partial charge in [0.2, 0.25) is 12.3 Å². The molecule has 0 radical (unpaired) electrons.